The second kappa shape index (κ2) is 29.5. The fourth-order valence-corrected chi connectivity index (χ4v) is 12.0. The van der Waals surface area contributed by atoms with Gasteiger partial charge in [0.1, 0.15) is 30.2 Å². The summed E-state index contributed by atoms with van der Waals surface area (Å²) in [6.07, 6.45) is 7.25. The Labute approximate surface area is 464 Å². The lowest BCUT2D eigenvalue weighted by molar-refractivity contribution is -0.149. The molecule has 4 aliphatic rings. The maximum Gasteiger partial charge on any atom is 0.245 e. The van der Waals surface area contributed by atoms with Crippen LogP contribution in [-0.2, 0) is 54.4 Å². The predicted octanol–water partition coefficient (Wildman–Crippen LogP) is 5.43. The lowest BCUT2D eigenvalue weighted by Gasteiger charge is -2.36. The number of hydrogen-bond acceptors (Lipinski definition) is 10. The van der Waals surface area contributed by atoms with Crippen LogP contribution in [0.5, 0.6) is 0 Å². The molecule has 18 nitrogen and oxygen atoms in total. The summed E-state index contributed by atoms with van der Waals surface area (Å²) in [6.45, 7) is 16.8. The van der Waals surface area contributed by atoms with Crippen LogP contribution in [0.1, 0.15) is 158 Å². The van der Waals surface area contributed by atoms with E-state index in [2.05, 4.69) is 10.6 Å². The highest BCUT2D eigenvalue weighted by Crippen LogP contribution is 2.30. The van der Waals surface area contributed by atoms with Gasteiger partial charge in [0.15, 0.2) is 11.6 Å². The highest BCUT2D eigenvalue weighted by Gasteiger charge is 2.44. The lowest BCUT2D eigenvalue weighted by atomic mass is 9.88. The van der Waals surface area contributed by atoms with E-state index in [1.54, 1.807) is 32.7 Å². The molecule has 0 spiro atoms. The first-order valence-corrected chi connectivity index (χ1v) is 29.3. The second-order valence-electron chi connectivity index (χ2n) is 24.3. The molecule has 1 aromatic carbocycles. The van der Waals surface area contributed by atoms with E-state index in [4.69, 9.17) is 0 Å². The van der Waals surface area contributed by atoms with Gasteiger partial charge >= 0.3 is 0 Å². The number of hydrogen-bond donors (Lipinski definition) is 2. The van der Waals surface area contributed by atoms with Gasteiger partial charge < -0.3 is 40.0 Å². The van der Waals surface area contributed by atoms with Crippen LogP contribution in [-0.4, -0.2) is 178 Å². The molecule has 8 amide bonds. The van der Waals surface area contributed by atoms with Crippen molar-refractivity contribution in [3.8, 4) is 0 Å². The number of rotatable bonds is 11. The first kappa shape index (κ1) is 63.2. The number of ketones is 2. The van der Waals surface area contributed by atoms with E-state index in [0.717, 1.165) is 37.7 Å². The van der Waals surface area contributed by atoms with Gasteiger partial charge in [-0.25, -0.2) is 0 Å². The average Bonchev–Trinajstić information content (AvgIpc) is 4.13. The molecule has 0 radical (unpaired) electrons. The molecule has 0 aromatic heterocycles. The molecule has 78 heavy (non-hydrogen) atoms. The molecule has 0 unspecified atom stereocenters. The van der Waals surface area contributed by atoms with Crippen LogP contribution in [0.3, 0.4) is 0 Å². The van der Waals surface area contributed by atoms with E-state index >= 15 is 0 Å². The Kier molecular flexibility index (Phi) is 23.9. The zero-order valence-electron chi connectivity index (χ0n) is 48.9. The molecule has 18 heteroatoms. The van der Waals surface area contributed by atoms with E-state index in [0.29, 0.717) is 38.6 Å². The molecule has 3 heterocycles. The van der Waals surface area contributed by atoms with Crippen molar-refractivity contribution in [1.29, 1.82) is 0 Å². The Morgan fingerprint density at radius 3 is 1.64 bits per heavy atom. The monoisotopic (exact) mass is 1090 g/mol. The Bertz CT molecular complexity index is 2270. The van der Waals surface area contributed by atoms with E-state index < -0.39 is 90.1 Å². The number of carbonyl (C=O) groups excluding carboxylic acids is 10. The quantitative estimate of drug-likeness (QED) is 0.287. The fraction of sp³-hybridized carbons (Fsp3) is 0.733. The molecule has 1 aliphatic carbocycles. The molecule has 5 rings (SSSR count). The highest BCUT2D eigenvalue weighted by molar-refractivity contribution is 5.99. The Balaban J connectivity index is 1.54. The van der Waals surface area contributed by atoms with Gasteiger partial charge in [0, 0.05) is 65.0 Å². The molecule has 1 saturated carbocycles. The Morgan fingerprint density at radius 1 is 0.538 bits per heavy atom. The average molecular weight is 1090 g/mol. The molecule has 434 valence electrons. The minimum absolute atomic E-state index is 0.000949. The summed E-state index contributed by atoms with van der Waals surface area (Å²) in [4.78, 5) is 154. The van der Waals surface area contributed by atoms with Crippen LogP contribution in [0.25, 0.3) is 0 Å². The van der Waals surface area contributed by atoms with E-state index in [9.17, 15) is 47.9 Å². The number of nitrogens with zero attached hydrogens (tertiary/aromatic N) is 6. The number of carbonyl (C=O) groups is 10. The maximum atomic E-state index is 15.0. The van der Waals surface area contributed by atoms with Crippen LogP contribution in [0.2, 0.25) is 0 Å². The van der Waals surface area contributed by atoms with Crippen LogP contribution in [0.15, 0.2) is 30.3 Å². The van der Waals surface area contributed by atoms with Crippen LogP contribution >= 0.6 is 0 Å². The number of fused-ring (bicyclic) bond motifs is 2. The first-order chi connectivity index (χ1) is 36.9. The number of likely N-dealkylation sites (N-methyl/N-ethyl adjacent to an activating group) is 3. The summed E-state index contributed by atoms with van der Waals surface area (Å²) in [7, 11) is 3.01. The van der Waals surface area contributed by atoms with Crippen molar-refractivity contribution in [2.24, 2.45) is 35.5 Å². The van der Waals surface area contributed by atoms with Crippen molar-refractivity contribution >= 4 is 58.8 Å². The minimum atomic E-state index is -1.09. The molecule has 3 saturated heterocycles. The van der Waals surface area contributed by atoms with Gasteiger partial charge in [0.25, 0.3) is 0 Å². The van der Waals surface area contributed by atoms with Gasteiger partial charge in [0.2, 0.25) is 47.3 Å². The first-order valence-electron chi connectivity index (χ1n) is 29.3. The summed E-state index contributed by atoms with van der Waals surface area (Å²) in [6, 6.07) is 3.32. The van der Waals surface area contributed by atoms with Crippen molar-refractivity contribution in [1.82, 2.24) is 40.0 Å². The Morgan fingerprint density at radius 2 is 1.08 bits per heavy atom. The number of benzene rings is 1. The van der Waals surface area contributed by atoms with Crippen molar-refractivity contribution in [3.05, 3.63) is 35.9 Å². The van der Waals surface area contributed by atoms with Gasteiger partial charge in [-0.3, -0.25) is 47.9 Å². The maximum absolute atomic E-state index is 15.0. The zero-order valence-corrected chi connectivity index (χ0v) is 48.9. The van der Waals surface area contributed by atoms with Crippen molar-refractivity contribution < 1.29 is 47.9 Å². The lowest BCUT2D eigenvalue weighted by Crippen LogP contribution is -2.59. The normalized spacial score (nSPS) is 27.6. The number of nitrogens with one attached hydrogen (secondary N) is 2. The third-order valence-corrected chi connectivity index (χ3v) is 16.6. The third-order valence-electron chi connectivity index (χ3n) is 16.6. The van der Waals surface area contributed by atoms with Crippen LogP contribution < -0.4 is 10.6 Å². The molecular formula is C60H94N8O10. The topological polar surface area (TPSA) is 214 Å². The van der Waals surface area contributed by atoms with Gasteiger partial charge in [-0.2, -0.15) is 0 Å². The van der Waals surface area contributed by atoms with Gasteiger partial charge in [-0.1, -0.05) is 91.1 Å². The van der Waals surface area contributed by atoms with E-state index in [1.165, 1.54) is 31.5 Å². The van der Waals surface area contributed by atoms with Crippen molar-refractivity contribution in [3.63, 3.8) is 0 Å². The molecule has 2 N–H and O–H groups in total. The molecular weight excluding hydrogens is 993 g/mol. The van der Waals surface area contributed by atoms with Crippen molar-refractivity contribution in [2.45, 2.75) is 195 Å². The SMILES string of the molecule is CCN1CC(=O)N[C@@H](CC(C)C)C(=O)N(C)[C@@H](C)C(=O)N[C@@H](CC(C)C)C(=O)N2CCC[C@@H]2C(=O)N(CC2CCCCC2)CC(=O)C[C@@H](CC(C)C)C(=O)N(C)[C@@H](C)C(=O)C[C@@H](Cc2ccccc2)C(=O)N2CCC[C@@H]2C1=O. The fourth-order valence-electron chi connectivity index (χ4n) is 12.0. The summed E-state index contributed by atoms with van der Waals surface area (Å²) < 4.78 is 0. The predicted molar refractivity (Wildman–Crippen MR) is 298 cm³/mol. The minimum Gasteiger partial charge on any atom is -0.343 e. The van der Waals surface area contributed by atoms with Gasteiger partial charge in [-0.15, -0.1) is 0 Å². The molecule has 1 aromatic rings. The van der Waals surface area contributed by atoms with Crippen LogP contribution in [0, 0.1) is 35.5 Å². The standard InChI is InChI=1S/C60H94N8O10/c1-12-65-37-53(71)61-48(30-39(4)5)57(75)64(11)42(9)54(72)62-49(31-40(6)7)58(76)68-28-20-26-51(68)60(78)66(35-44-23-17-14-18-24-44)36-47(69)33-45(29-38(2)3)55(73)63(10)41(8)52(70)34-46(32-43-21-15-13-16-22-43)56(74)67-27-19-25-50(67)59(65)77/h13,15-16,21-22,38-42,44-46,48-51H,12,14,17-20,23-37H2,1-11H3,(H,61,71)(H,62,72)/t41-,42-,45+,46+,48-,49-,50+,51+/m0/s1. The number of Topliss-reactive ketones (excluding diaryl/α,β-unsaturated/α-hetero) is 2. The van der Waals surface area contributed by atoms with Gasteiger partial charge in [-0.05, 0) is 114 Å². The van der Waals surface area contributed by atoms with Gasteiger partial charge in [0.05, 0.1) is 19.1 Å². The Hall–Kier alpha value is -5.68. The summed E-state index contributed by atoms with van der Waals surface area (Å²) >= 11 is 0. The third kappa shape index (κ3) is 17.2. The summed E-state index contributed by atoms with van der Waals surface area (Å²) in [5.74, 6) is -6.05. The number of amides is 8. The zero-order chi connectivity index (χ0) is 57.5. The summed E-state index contributed by atoms with van der Waals surface area (Å²) in [5, 5.41) is 5.76. The molecule has 4 fully saturated rings. The van der Waals surface area contributed by atoms with Crippen molar-refractivity contribution in [2.75, 3.05) is 53.4 Å². The molecule has 3 aliphatic heterocycles. The summed E-state index contributed by atoms with van der Waals surface area (Å²) in [5.41, 5.74) is 0.812. The molecule has 0 bridgehead atoms. The second-order valence-corrected chi connectivity index (χ2v) is 24.3. The van der Waals surface area contributed by atoms with E-state index in [1.807, 2.05) is 71.9 Å². The molecule has 8 atom stereocenters. The van der Waals surface area contributed by atoms with E-state index in [-0.39, 0.29) is 105 Å². The highest BCUT2D eigenvalue weighted by atomic mass is 16.2. The smallest absolute Gasteiger partial charge is 0.245 e. The van der Waals surface area contributed by atoms with Crippen LogP contribution in [0.4, 0.5) is 0 Å². The largest absolute Gasteiger partial charge is 0.343 e.